The number of para-hydroxylation sites is 5. The Bertz CT molecular complexity index is 4930. The van der Waals surface area contributed by atoms with E-state index in [9.17, 15) is 0 Å². The number of nitrogens with zero attached hydrogens (tertiary/aromatic N) is 7. The van der Waals surface area contributed by atoms with E-state index in [1.165, 1.54) is 16.2 Å². The Balaban J connectivity index is 1.03. The van der Waals surface area contributed by atoms with Gasteiger partial charge in [-0.25, -0.2) is 4.98 Å². The topological polar surface area (TPSA) is 58.4 Å². The maximum absolute atomic E-state index is 5.62. The summed E-state index contributed by atoms with van der Waals surface area (Å²) in [5, 5.41) is 9.26. The van der Waals surface area contributed by atoms with Gasteiger partial charge < -0.3 is 13.7 Å². The largest absolute Gasteiger partial charge is 0.309 e. The predicted molar refractivity (Wildman–Crippen MR) is 313 cm³/mol. The quantitative estimate of drug-likeness (QED) is 0.160. The molecule has 16 rings (SSSR count). The van der Waals surface area contributed by atoms with Crippen molar-refractivity contribution in [2.75, 3.05) is 0 Å². The Morgan fingerprint density at radius 2 is 0.645 bits per heavy atom. The number of benzene rings is 11. The smallest absolute Gasteiger partial charge is 0.238 e. The van der Waals surface area contributed by atoms with Gasteiger partial charge in [0.1, 0.15) is 0 Å². The van der Waals surface area contributed by atoms with Crippen LogP contribution >= 0.6 is 0 Å². The zero-order valence-electron chi connectivity index (χ0n) is 41.0. The van der Waals surface area contributed by atoms with E-state index >= 15 is 0 Å². The molecule has 11 aromatic carbocycles. The highest BCUT2D eigenvalue weighted by Crippen LogP contribution is 2.44. The monoisotopic (exact) mass is 969 g/mol. The van der Waals surface area contributed by atoms with E-state index < -0.39 is 0 Å². The first kappa shape index (κ1) is 42.2. The number of aromatic nitrogens is 7. The highest BCUT2D eigenvalue weighted by Gasteiger charge is 2.25. The lowest BCUT2D eigenvalue weighted by molar-refractivity contribution is 0.953. The molecule has 5 heterocycles. The van der Waals surface area contributed by atoms with E-state index in [1.54, 1.807) is 0 Å². The van der Waals surface area contributed by atoms with Crippen LogP contribution in [0.4, 0.5) is 0 Å². The van der Waals surface area contributed by atoms with Crippen LogP contribution in [0.25, 0.3) is 144 Å². The molecule has 0 radical (unpaired) electrons. The average Bonchev–Trinajstić information content (AvgIpc) is 4.32. The van der Waals surface area contributed by atoms with Gasteiger partial charge in [0.25, 0.3) is 0 Å². The molecular formula is C69H43N7. The molecule has 0 unspecified atom stereocenters. The molecule has 0 aliphatic heterocycles. The van der Waals surface area contributed by atoms with Crippen LogP contribution in [-0.2, 0) is 0 Å². The summed E-state index contributed by atoms with van der Waals surface area (Å²) in [5.41, 5.74) is 16.0. The summed E-state index contributed by atoms with van der Waals surface area (Å²) < 4.78 is 9.49. The fourth-order valence-corrected chi connectivity index (χ4v) is 12.1. The summed E-state index contributed by atoms with van der Waals surface area (Å²) in [6.45, 7) is 0. The van der Waals surface area contributed by atoms with Gasteiger partial charge in [-0.2, -0.15) is 9.97 Å². The first-order chi connectivity index (χ1) is 37.7. The summed E-state index contributed by atoms with van der Waals surface area (Å²) in [7, 11) is 0. The molecule has 5 aromatic heterocycles. The molecule has 0 aliphatic rings. The Kier molecular flexibility index (Phi) is 9.20. The maximum Gasteiger partial charge on any atom is 0.238 e. The normalized spacial score (nSPS) is 11.9. The Hall–Kier alpha value is -10.4. The minimum atomic E-state index is 0.527. The van der Waals surface area contributed by atoms with Crippen LogP contribution in [0, 0.1) is 0 Å². The third kappa shape index (κ3) is 6.33. The fourth-order valence-electron chi connectivity index (χ4n) is 12.1. The standard InChI is InChI=1S/C69H43N7/c1-4-19-44(20-5-1)46-23-18-26-49(41-46)75-62-34-17-13-30-54(62)56-38-39-57-58-43-50(74-60-32-15-10-27-51(60)52-28-11-16-33-61(52)74)36-40-63(58)76(66(57)65(56)75)69-71-67(45-21-6-2-7-22-45)70-68(72-69)47-35-37-55-53-29-12-14-31-59(53)73(64(55)42-47)48-24-8-3-9-25-48/h1-43H. The van der Waals surface area contributed by atoms with E-state index in [2.05, 4.69) is 261 Å². The molecule has 0 saturated carbocycles. The molecule has 76 heavy (non-hydrogen) atoms. The van der Waals surface area contributed by atoms with Crippen molar-refractivity contribution in [2.45, 2.75) is 0 Å². The van der Waals surface area contributed by atoms with Gasteiger partial charge in [-0.15, -0.1) is 0 Å². The summed E-state index contributed by atoms with van der Waals surface area (Å²) in [5.74, 6) is 1.69. The summed E-state index contributed by atoms with van der Waals surface area (Å²) in [4.78, 5) is 16.5. The van der Waals surface area contributed by atoms with Crippen molar-refractivity contribution < 1.29 is 0 Å². The molecule has 0 atom stereocenters. The summed E-state index contributed by atoms with van der Waals surface area (Å²) >= 11 is 0. The van der Waals surface area contributed by atoms with Gasteiger partial charge in [-0.1, -0.05) is 188 Å². The zero-order valence-corrected chi connectivity index (χ0v) is 41.0. The van der Waals surface area contributed by atoms with Crippen molar-refractivity contribution in [2.24, 2.45) is 0 Å². The van der Waals surface area contributed by atoms with Crippen molar-refractivity contribution in [1.29, 1.82) is 0 Å². The number of hydrogen-bond donors (Lipinski definition) is 0. The number of rotatable bonds is 7. The third-order valence-corrected chi connectivity index (χ3v) is 15.4. The molecule has 7 nitrogen and oxygen atoms in total. The molecule has 0 fully saturated rings. The second-order valence-electron chi connectivity index (χ2n) is 19.6. The van der Waals surface area contributed by atoms with Crippen molar-refractivity contribution in [1.82, 2.24) is 33.2 Å². The summed E-state index contributed by atoms with van der Waals surface area (Å²) in [6.07, 6.45) is 0. The second kappa shape index (κ2) is 16.6. The molecular weight excluding hydrogens is 927 g/mol. The van der Waals surface area contributed by atoms with Crippen molar-refractivity contribution in [3.05, 3.63) is 261 Å². The van der Waals surface area contributed by atoms with Crippen LogP contribution in [0.5, 0.6) is 0 Å². The summed E-state index contributed by atoms with van der Waals surface area (Å²) in [6, 6.07) is 93.4. The Morgan fingerprint density at radius 3 is 1.29 bits per heavy atom. The van der Waals surface area contributed by atoms with Gasteiger partial charge in [0, 0.05) is 71.3 Å². The molecule has 0 saturated heterocycles. The number of hydrogen-bond acceptors (Lipinski definition) is 3. The van der Waals surface area contributed by atoms with Crippen molar-refractivity contribution in [3.8, 4) is 56.9 Å². The van der Waals surface area contributed by atoms with Crippen LogP contribution < -0.4 is 0 Å². The molecule has 354 valence electrons. The van der Waals surface area contributed by atoms with Gasteiger partial charge in [-0.05, 0) is 83.9 Å². The van der Waals surface area contributed by atoms with Gasteiger partial charge in [0.15, 0.2) is 11.6 Å². The lowest BCUT2D eigenvalue weighted by Gasteiger charge is -2.14. The lowest BCUT2D eigenvalue weighted by Crippen LogP contribution is -2.07. The highest BCUT2D eigenvalue weighted by atomic mass is 15.2. The SMILES string of the molecule is c1ccc(-c2cccc(-n3c4ccccc4c4ccc5c6cc(-n7c8ccccc8c8ccccc87)ccc6n(-c6nc(-c7ccccc7)nc(-c7ccc8c9ccccc9n(-c9ccccc9)c8c7)n6)c5c43)c2)cc1. The van der Waals surface area contributed by atoms with E-state index in [-0.39, 0.29) is 0 Å². The van der Waals surface area contributed by atoms with E-state index in [0.717, 1.165) is 110 Å². The lowest BCUT2D eigenvalue weighted by atomic mass is 10.1. The minimum absolute atomic E-state index is 0.527. The zero-order chi connectivity index (χ0) is 49.8. The van der Waals surface area contributed by atoms with Gasteiger partial charge in [0.05, 0.1) is 44.1 Å². The van der Waals surface area contributed by atoms with Crippen LogP contribution in [0.3, 0.4) is 0 Å². The first-order valence-corrected chi connectivity index (χ1v) is 25.8. The van der Waals surface area contributed by atoms with Gasteiger partial charge >= 0.3 is 0 Å². The van der Waals surface area contributed by atoms with E-state index in [4.69, 9.17) is 15.0 Å². The van der Waals surface area contributed by atoms with Crippen LogP contribution in [0.15, 0.2) is 261 Å². The van der Waals surface area contributed by atoms with Crippen molar-refractivity contribution in [3.63, 3.8) is 0 Å². The molecule has 0 amide bonds. The Morgan fingerprint density at radius 1 is 0.211 bits per heavy atom. The minimum Gasteiger partial charge on any atom is -0.309 e. The molecule has 16 aromatic rings. The fraction of sp³-hybridized carbons (Fsp3) is 0. The molecule has 0 aliphatic carbocycles. The Labute approximate surface area is 436 Å². The predicted octanol–water partition coefficient (Wildman–Crippen LogP) is 17.3. The van der Waals surface area contributed by atoms with Crippen LogP contribution in [-0.4, -0.2) is 33.2 Å². The highest BCUT2D eigenvalue weighted by molar-refractivity contribution is 6.24. The van der Waals surface area contributed by atoms with Gasteiger partial charge in [0.2, 0.25) is 5.95 Å². The molecule has 0 N–H and O–H groups in total. The van der Waals surface area contributed by atoms with E-state index in [1.807, 2.05) is 18.2 Å². The van der Waals surface area contributed by atoms with Crippen LogP contribution in [0.1, 0.15) is 0 Å². The average molecular weight is 970 g/mol. The van der Waals surface area contributed by atoms with E-state index in [0.29, 0.717) is 17.6 Å². The molecule has 0 spiro atoms. The second-order valence-corrected chi connectivity index (χ2v) is 19.6. The molecule has 7 heteroatoms. The number of fused-ring (bicyclic) bond motifs is 13. The van der Waals surface area contributed by atoms with Crippen LogP contribution in [0.2, 0.25) is 0 Å². The van der Waals surface area contributed by atoms with Crippen molar-refractivity contribution >= 4 is 87.2 Å². The third-order valence-electron chi connectivity index (χ3n) is 15.4. The maximum atomic E-state index is 5.62. The first-order valence-electron chi connectivity index (χ1n) is 25.8. The molecule has 0 bridgehead atoms. The van der Waals surface area contributed by atoms with Gasteiger partial charge in [-0.3, -0.25) is 4.57 Å².